The fraction of sp³-hybridized carbons (Fsp3) is 0.303. The number of H-pyrrole nitrogens is 2. The van der Waals surface area contributed by atoms with Crippen LogP contribution in [-0.2, 0) is 17.8 Å². The van der Waals surface area contributed by atoms with Gasteiger partial charge in [-0.05, 0) is 67.5 Å². The molecule has 9 heteroatoms. The molecule has 1 fully saturated rings. The van der Waals surface area contributed by atoms with Crippen LogP contribution in [0, 0.1) is 11.8 Å². The number of nitrogens with one attached hydrogen (secondary N) is 3. The largest absolute Gasteiger partial charge is 0.489 e. The zero-order valence-corrected chi connectivity index (χ0v) is 23.6. The van der Waals surface area contributed by atoms with E-state index < -0.39 is 0 Å². The van der Waals surface area contributed by atoms with Crippen LogP contribution in [0.4, 0.5) is 5.82 Å². The number of hydrogen-bond donors (Lipinski definition) is 5. The van der Waals surface area contributed by atoms with Crippen molar-refractivity contribution in [2.45, 2.75) is 44.8 Å². The molecule has 5 aromatic rings. The van der Waals surface area contributed by atoms with Crippen LogP contribution in [0.25, 0.3) is 22.2 Å². The van der Waals surface area contributed by atoms with E-state index in [1.165, 1.54) is 0 Å². The number of carbonyl (C=O) groups excluding carboxylic acids is 1. The summed E-state index contributed by atoms with van der Waals surface area (Å²) in [4.78, 5) is 21.8. The highest BCUT2D eigenvalue weighted by molar-refractivity contribution is 5.91. The quantitative estimate of drug-likeness (QED) is 0.156. The van der Waals surface area contributed by atoms with E-state index in [9.17, 15) is 4.79 Å². The lowest BCUT2D eigenvalue weighted by Gasteiger charge is -2.28. The number of fused-ring (bicyclic) bond motifs is 1. The van der Waals surface area contributed by atoms with Crippen molar-refractivity contribution in [1.29, 1.82) is 0 Å². The molecular formula is C33H37N7O2. The first kappa shape index (κ1) is 27.5. The van der Waals surface area contributed by atoms with E-state index in [1.807, 2.05) is 79.0 Å². The molecular weight excluding hydrogens is 526 g/mol. The van der Waals surface area contributed by atoms with Crippen molar-refractivity contribution in [3.63, 3.8) is 0 Å². The molecule has 0 saturated heterocycles. The number of hydrogen-bond acceptors (Lipinski definition) is 6. The van der Waals surface area contributed by atoms with Gasteiger partial charge in [-0.15, -0.1) is 0 Å². The summed E-state index contributed by atoms with van der Waals surface area (Å²) in [5.74, 6) is 2.49. The van der Waals surface area contributed by atoms with Crippen molar-refractivity contribution in [1.82, 2.24) is 25.5 Å². The monoisotopic (exact) mass is 563 g/mol. The molecule has 2 heterocycles. The van der Waals surface area contributed by atoms with Gasteiger partial charge >= 0.3 is 0 Å². The number of nitrogens with zero attached hydrogens (tertiary/aromatic N) is 2. The van der Waals surface area contributed by atoms with E-state index in [0.29, 0.717) is 37.1 Å². The van der Waals surface area contributed by atoms with E-state index in [1.54, 1.807) is 0 Å². The van der Waals surface area contributed by atoms with Gasteiger partial charge in [0.05, 0.1) is 17.3 Å². The molecule has 42 heavy (non-hydrogen) atoms. The lowest BCUT2D eigenvalue weighted by Crippen LogP contribution is -2.37. The molecule has 1 saturated carbocycles. The molecule has 6 rings (SSSR count). The Bertz CT molecular complexity index is 1640. The van der Waals surface area contributed by atoms with Gasteiger partial charge in [-0.3, -0.25) is 9.89 Å². The second kappa shape index (κ2) is 12.5. The molecule has 1 atom stereocenters. The Hall–Kier alpha value is -4.63. The van der Waals surface area contributed by atoms with Gasteiger partial charge in [-0.2, -0.15) is 5.10 Å². The van der Waals surface area contributed by atoms with E-state index in [4.69, 9.17) is 21.2 Å². The van der Waals surface area contributed by atoms with Gasteiger partial charge in [-0.1, -0.05) is 54.6 Å². The lowest BCUT2D eigenvalue weighted by atomic mass is 9.81. The van der Waals surface area contributed by atoms with Crippen molar-refractivity contribution in [2.24, 2.45) is 17.6 Å². The molecule has 9 nitrogen and oxygen atoms in total. The normalized spacial score (nSPS) is 17.6. The van der Waals surface area contributed by atoms with E-state index in [-0.39, 0.29) is 17.9 Å². The van der Waals surface area contributed by atoms with Gasteiger partial charge in [0.15, 0.2) is 5.82 Å². The average Bonchev–Trinajstić information content (AvgIpc) is 3.68. The zero-order valence-electron chi connectivity index (χ0n) is 23.6. The smallest absolute Gasteiger partial charge is 0.223 e. The third-order valence-corrected chi connectivity index (χ3v) is 8.32. The lowest BCUT2D eigenvalue weighted by molar-refractivity contribution is -0.127. The Morgan fingerprint density at radius 2 is 1.81 bits per heavy atom. The molecule has 0 bridgehead atoms. The van der Waals surface area contributed by atoms with Crippen LogP contribution >= 0.6 is 0 Å². The predicted octanol–water partition coefficient (Wildman–Crippen LogP) is 5.28. The Kier molecular flexibility index (Phi) is 8.18. The first-order valence-corrected chi connectivity index (χ1v) is 14.6. The summed E-state index contributed by atoms with van der Waals surface area (Å²) >= 11 is 0. The minimum Gasteiger partial charge on any atom is -0.489 e. The molecule has 2 aromatic heterocycles. The van der Waals surface area contributed by atoms with Crippen LogP contribution in [-0.4, -0.2) is 32.6 Å². The number of nitrogens with two attached hydrogens (primary N) is 2. The molecule has 0 spiro atoms. The van der Waals surface area contributed by atoms with Crippen LogP contribution in [0.1, 0.15) is 48.7 Å². The molecule has 1 unspecified atom stereocenters. The van der Waals surface area contributed by atoms with Crippen LogP contribution in [0.2, 0.25) is 0 Å². The molecule has 3 aromatic carbocycles. The van der Waals surface area contributed by atoms with Crippen LogP contribution in [0.5, 0.6) is 5.75 Å². The molecule has 1 amide bonds. The number of benzene rings is 3. The number of aromatic nitrogens is 4. The van der Waals surface area contributed by atoms with Crippen molar-refractivity contribution in [3.05, 3.63) is 95.9 Å². The summed E-state index contributed by atoms with van der Waals surface area (Å²) in [5, 5.41) is 11.3. The summed E-state index contributed by atoms with van der Waals surface area (Å²) in [6, 6.07) is 23.6. The average molecular weight is 564 g/mol. The number of amides is 1. The van der Waals surface area contributed by atoms with E-state index >= 15 is 0 Å². The minimum absolute atomic E-state index is 0.0254. The van der Waals surface area contributed by atoms with E-state index in [2.05, 4.69) is 20.5 Å². The van der Waals surface area contributed by atoms with Crippen molar-refractivity contribution < 1.29 is 9.53 Å². The summed E-state index contributed by atoms with van der Waals surface area (Å²) in [7, 11) is 0. The fourth-order valence-corrected chi connectivity index (χ4v) is 5.80. The third kappa shape index (κ3) is 6.16. The van der Waals surface area contributed by atoms with E-state index in [0.717, 1.165) is 64.7 Å². The van der Waals surface area contributed by atoms with Crippen molar-refractivity contribution >= 4 is 22.6 Å². The second-order valence-corrected chi connectivity index (χ2v) is 11.1. The number of aromatic amines is 2. The summed E-state index contributed by atoms with van der Waals surface area (Å²) in [6.45, 7) is 1.15. The fourth-order valence-electron chi connectivity index (χ4n) is 5.80. The Morgan fingerprint density at radius 3 is 2.62 bits per heavy atom. The van der Waals surface area contributed by atoms with Crippen LogP contribution < -0.4 is 21.5 Å². The number of carbonyl (C=O) groups is 1. The maximum atomic E-state index is 13.6. The molecule has 1 aliphatic rings. The third-order valence-electron chi connectivity index (χ3n) is 8.32. The van der Waals surface area contributed by atoms with Gasteiger partial charge in [0.25, 0.3) is 0 Å². The molecule has 1 aliphatic carbocycles. The maximum absolute atomic E-state index is 13.6. The van der Waals surface area contributed by atoms with Crippen molar-refractivity contribution in [2.75, 3.05) is 12.3 Å². The molecule has 216 valence electrons. The highest BCUT2D eigenvalue weighted by Gasteiger charge is 2.29. The highest BCUT2D eigenvalue weighted by Crippen LogP contribution is 2.31. The van der Waals surface area contributed by atoms with Gasteiger partial charge in [0, 0.05) is 29.5 Å². The SMILES string of the molecule is NCC1CCC(C(=O)NC(Cc2ccccc2OCc2ccccc2)c2nc(-c3ccc4c(N)n[nH]c4c3)c[nH]2)CC1. The van der Waals surface area contributed by atoms with Crippen molar-refractivity contribution in [3.8, 4) is 17.0 Å². The minimum atomic E-state index is -0.369. The number of imidazole rings is 1. The van der Waals surface area contributed by atoms with Gasteiger partial charge in [0.1, 0.15) is 18.2 Å². The number of anilines is 1. The summed E-state index contributed by atoms with van der Waals surface area (Å²) in [6.07, 6.45) is 6.08. The summed E-state index contributed by atoms with van der Waals surface area (Å²) < 4.78 is 6.25. The maximum Gasteiger partial charge on any atom is 0.223 e. The number of nitrogen functional groups attached to an aromatic ring is 1. The first-order valence-electron chi connectivity index (χ1n) is 14.6. The first-order chi connectivity index (χ1) is 20.6. The zero-order chi connectivity index (χ0) is 28.9. The number of ether oxygens (including phenoxy) is 1. The molecule has 0 aliphatic heterocycles. The Morgan fingerprint density at radius 1 is 1.02 bits per heavy atom. The number of rotatable bonds is 10. The standard InChI is InChI=1S/C33H37N7O2/c34-18-21-10-12-23(13-11-21)33(41)38-28(17-25-8-4-5-9-30(25)42-20-22-6-2-1-3-7-22)32-36-19-29(37-32)24-14-15-26-27(16-24)39-40-31(26)35/h1-9,14-16,19,21,23,28H,10-13,17-18,20,34H2,(H,36,37)(H,38,41)(H3,35,39,40). The van der Waals surface area contributed by atoms with Gasteiger partial charge in [-0.25, -0.2) is 4.98 Å². The molecule has 7 N–H and O–H groups in total. The Balaban J connectivity index is 1.25. The highest BCUT2D eigenvalue weighted by atomic mass is 16.5. The predicted molar refractivity (Wildman–Crippen MR) is 164 cm³/mol. The topological polar surface area (TPSA) is 148 Å². The Labute approximate surface area is 245 Å². The van der Waals surface area contributed by atoms with Gasteiger partial charge < -0.3 is 26.5 Å². The second-order valence-electron chi connectivity index (χ2n) is 11.1. The van der Waals surface area contributed by atoms with Crippen LogP contribution in [0.15, 0.2) is 79.0 Å². The number of para-hydroxylation sites is 1. The molecule has 0 radical (unpaired) electrons. The summed E-state index contributed by atoms with van der Waals surface area (Å²) in [5.41, 5.74) is 16.5. The van der Waals surface area contributed by atoms with Gasteiger partial charge in [0.2, 0.25) is 5.91 Å². The van der Waals surface area contributed by atoms with Crippen LogP contribution in [0.3, 0.4) is 0 Å².